The highest BCUT2D eigenvalue weighted by Gasteiger charge is 2.29. The maximum atomic E-state index is 11.9. The van der Waals surface area contributed by atoms with E-state index in [0.717, 1.165) is 32.5 Å². The largest absolute Gasteiger partial charge is 0.397 e. The smallest absolute Gasteiger partial charge is 0.267 e. The molecule has 5 heteroatoms. The predicted octanol–water partition coefficient (Wildman–Crippen LogP) is 1.06. The first-order valence-electron chi connectivity index (χ1n) is 6.39. The van der Waals surface area contributed by atoms with Crippen molar-refractivity contribution in [2.75, 3.05) is 32.4 Å². The predicted molar refractivity (Wildman–Crippen MR) is 72.4 cm³/mol. The number of rotatable bonds is 3. The van der Waals surface area contributed by atoms with Crippen molar-refractivity contribution >= 4 is 11.6 Å². The number of carbonyl (C=O) groups is 1. The molecule has 0 aromatic carbocycles. The molecular weight excluding hydrogens is 228 g/mol. The Kier molecular flexibility index (Phi) is 3.61. The molecule has 4 N–H and O–H groups in total. The van der Waals surface area contributed by atoms with Gasteiger partial charge in [0, 0.05) is 18.4 Å². The minimum atomic E-state index is -0.0770. The number of carbonyl (C=O) groups excluding carboxylic acids is 1. The first kappa shape index (κ1) is 13.0. The van der Waals surface area contributed by atoms with Gasteiger partial charge < -0.3 is 20.9 Å². The van der Waals surface area contributed by atoms with Crippen molar-refractivity contribution in [1.29, 1.82) is 0 Å². The van der Waals surface area contributed by atoms with Crippen LogP contribution >= 0.6 is 0 Å². The molecule has 1 amide bonds. The van der Waals surface area contributed by atoms with E-state index in [4.69, 9.17) is 5.73 Å². The monoisotopic (exact) mass is 250 g/mol. The molecule has 100 valence electrons. The zero-order valence-corrected chi connectivity index (χ0v) is 11.1. The molecule has 1 aromatic rings. The van der Waals surface area contributed by atoms with Crippen molar-refractivity contribution in [2.45, 2.75) is 19.8 Å². The fourth-order valence-corrected chi connectivity index (χ4v) is 2.27. The third-order valence-corrected chi connectivity index (χ3v) is 3.82. The highest BCUT2D eigenvalue weighted by molar-refractivity contribution is 5.93. The lowest BCUT2D eigenvalue weighted by atomic mass is 9.80. The summed E-state index contributed by atoms with van der Waals surface area (Å²) in [4.78, 5) is 17.1. The Hall–Kier alpha value is -1.49. The van der Waals surface area contributed by atoms with Gasteiger partial charge in [-0.2, -0.15) is 0 Å². The van der Waals surface area contributed by atoms with Gasteiger partial charge in [0.1, 0.15) is 5.69 Å². The van der Waals surface area contributed by atoms with Gasteiger partial charge in [0.05, 0.1) is 0 Å². The van der Waals surface area contributed by atoms with Gasteiger partial charge in [-0.25, -0.2) is 0 Å². The molecule has 0 bridgehead atoms. The quantitative estimate of drug-likeness (QED) is 0.751. The van der Waals surface area contributed by atoms with Gasteiger partial charge in [-0.05, 0) is 44.5 Å². The molecule has 1 aliphatic heterocycles. The lowest BCUT2D eigenvalue weighted by Gasteiger charge is -2.37. The number of aromatic nitrogens is 1. The summed E-state index contributed by atoms with van der Waals surface area (Å²) in [6.45, 7) is 5.16. The number of H-pyrrole nitrogens is 1. The third kappa shape index (κ3) is 3.04. The molecule has 0 atom stereocenters. The summed E-state index contributed by atoms with van der Waals surface area (Å²) in [7, 11) is 2.14. The normalized spacial score (nSPS) is 19.7. The summed E-state index contributed by atoms with van der Waals surface area (Å²) in [6, 6.07) is 1.66. The van der Waals surface area contributed by atoms with Crippen molar-refractivity contribution in [3.63, 3.8) is 0 Å². The van der Waals surface area contributed by atoms with Gasteiger partial charge in [0.15, 0.2) is 0 Å². The van der Waals surface area contributed by atoms with Crippen LogP contribution in [0.1, 0.15) is 30.3 Å². The molecule has 0 aliphatic carbocycles. The number of anilines is 1. The Bertz CT molecular complexity index is 418. The van der Waals surface area contributed by atoms with Crippen LogP contribution in [0.4, 0.5) is 5.69 Å². The van der Waals surface area contributed by atoms with Crippen LogP contribution in [0.3, 0.4) is 0 Å². The number of nitrogen functional groups attached to an aromatic ring is 1. The van der Waals surface area contributed by atoms with Gasteiger partial charge in [0.2, 0.25) is 0 Å². The number of amides is 1. The van der Waals surface area contributed by atoms with Crippen LogP contribution in [0.25, 0.3) is 0 Å². The number of nitrogens with zero attached hydrogens (tertiary/aromatic N) is 1. The summed E-state index contributed by atoms with van der Waals surface area (Å²) in [5.74, 6) is -0.0770. The van der Waals surface area contributed by atoms with Gasteiger partial charge >= 0.3 is 0 Å². The van der Waals surface area contributed by atoms with E-state index in [-0.39, 0.29) is 11.3 Å². The van der Waals surface area contributed by atoms with E-state index in [1.54, 1.807) is 12.3 Å². The molecule has 1 saturated heterocycles. The van der Waals surface area contributed by atoms with Gasteiger partial charge in [-0.15, -0.1) is 0 Å². The van der Waals surface area contributed by atoms with Crippen LogP contribution in [0, 0.1) is 5.41 Å². The van der Waals surface area contributed by atoms with Crippen molar-refractivity contribution in [1.82, 2.24) is 15.2 Å². The average Bonchev–Trinajstić information content (AvgIpc) is 2.77. The Morgan fingerprint density at radius 3 is 2.78 bits per heavy atom. The molecule has 0 spiro atoms. The first-order valence-corrected chi connectivity index (χ1v) is 6.39. The topological polar surface area (TPSA) is 74.2 Å². The second kappa shape index (κ2) is 5.02. The Labute approximate surface area is 108 Å². The zero-order valence-electron chi connectivity index (χ0n) is 11.1. The van der Waals surface area contributed by atoms with E-state index in [2.05, 4.69) is 29.2 Å². The zero-order chi connectivity index (χ0) is 13.2. The molecule has 1 fully saturated rings. The Morgan fingerprint density at radius 2 is 2.22 bits per heavy atom. The number of aromatic amines is 1. The van der Waals surface area contributed by atoms with Gasteiger partial charge in [0.25, 0.3) is 5.91 Å². The number of nitrogens with two attached hydrogens (primary N) is 1. The maximum absolute atomic E-state index is 11.9. The van der Waals surface area contributed by atoms with Crippen molar-refractivity contribution < 1.29 is 4.79 Å². The standard InChI is InChI=1S/C13H22N4O/c1-13(3-5-17(2)6-4-13)9-16-12(18)11-7-10(14)8-15-11/h7-8,15H,3-6,9,14H2,1-2H3,(H,16,18). The Balaban J connectivity index is 1.86. The van der Waals surface area contributed by atoms with Crippen LogP contribution in [0.5, 0.6) is 0 Å². The molecule has 0 radical (unpaired) electrons. The lowest BCUT2D eigenvalue weighted by molar-refractivity contribution is 0.0887. The van der Waals surface area contributed by atoms with Crippen molar-refractivity contribution in [3.05, 3.63) is 18.0 Å². The van der Waals surface area contributed by atoms with Gasteiger partial charge in [-0.3, -0.25) is 4.79 Å². The van der Waals surface area contributed by atoms with Crippen LogP contribution in [-0.4, -0.2) is 42.5 Å². The van der Waals surface area contributed by atoms with E-state index in [1.807, 2.05) is 0 Å². The second-order valence-electron chi connectivity index (χ2n) is 5.64. The molecule has 0 saturated carbocycles. The fourth-order valence-electron chi connectivity index (χ4n) is 2.27. The van der Waals surface area contributed by atoms with E-state index in [9.17, 15) is 4.79 Å². The average molecular weight is 250 g/mol. The number of hydrogen-bond acceptors (Lipinski definition) is 3. The Morgan fingerprint density at radius 1 is 1.56 bits per heavy atom. The number of piperidine rings is 1. The van der Waals surface area contributed by atoms with E-state index < -0.39 is 0 Å². The van der Waals surface area contributed by atoms with Crippen LogP contribution in [-0.2, 0) is 0 Å². The van der Waals surface area contributed by atoms with Crippen LogP contribution < -0.4 is 11.1 Å². The summed E-state index contributed by atoms with van der Waals surface area (Å²) in [5, 5.41) is 2.99. The molecular formula is C13H22N4O. The first-order chi connectivity index (χ1) is 8.48. The third-order valence-electron chi connectivity index (χ3n) is 3.82. The second-order valence-corrected chi connectivity index (χ2v) is 5.64. The molecule has 0 unspecified atom stereocenters. The summed E-state index contributed by atoms with van der Waals surface area (Å²) < 4.78 is 0. The molecule has 18 heavy (non-hydrogen) atoms. The molecule has 1 aromatic heterocycles. The van der Waals surface area contributed by atoms with Crippen molar-refractivity contribution in [2.24, 2.45) is 5.41 Å². The SMILES string of the molecule is CN1CCC(C)(CNC(=O)c2cc(N)c[nH]2)CC1. The highest BCUT2D eigenvalue weighted by Crippen LogP contribution is 2.29. The van der Waals surface area contributed by atoms with E-state index in [1.165, 1.54) is 0 Å². The highest BCUT2D eigenvalue weighted by atomic mass is 16.1. The molecule has 2 rings (SSSR count). The minimum absolute atomic E-state index is 0.0770. The molecule has 2 heterocycles. The summed E-state index contributed by atoms with van der Waals surface area (Å²) >= 11 is 0. The maximum Gasteiger partial charge on any atom is 0.267 e. The van der Waals surface area contributed by atoms with E-state index >= 15 is 0 Å². The molecule has 1 aliphatic rings. The van der Waals surface area contributed by atoms with E-state index in [0.29, 0.717) is 11.4 Å². The van der Waals surface area contributed by atoms with Crippen LogP contribution in [0.15, 0.2) is 12.3 Å². The van der Waals surface area contributed by atoms with Gasteiger partial charge in [-0.1, -0.05) is 6.92 Å². The van der Waals surface area contributed by atoms with Crippen LogP contribution in [0.2, 0.25) is 0 Å². The molecule has 5 nitrogen and oxygen atoms in total. The lowest BCUT2D eigenvalue weighted by Crippen LogP contribution is -2.43. The number of hydrogen-bond donors (Lipinski definition) is 3. The fraction of sp³-hybridized carbons (Fsp3) is 0.615. The minimum Gasteiger partial charge on any atom is -0.397 e. The number of likely N-dealkylation sites (tertiary alicyclic amines) is 1. The summed E-state index contributed by atoms with van der Waals surface area (Å²) in [6.07, 6.45) is 3.87. The summed E-state index contributed by atoms with van der Waals surface area (Å²) in [5.41, 5.74) is 6.91. The number of nitrogens with one attached hydrogen (secondary N) is 2. The van der Waals surface area contributed by atoms with Crippen molar-refractivity contribution in [3.8, 4) is 0 Å².